The van der Waals surface area contributed by atoms with Crippen molar-refractivity contribution < 1.29 is 13.2 Å². The maximum atomic E-state index is 13.4. The number of nitrogens with zero attached hydrogens (tertiary/aromatic N) is 2. The lowest BCUT2D eigenvalue weighted by atomic mass is 10.1. The fourth-order valence-electron chi connectivity index (χ4n) is 3.89. The first-order valence-corrected chi connectivity index (χ1v) is 11.2. The lowest BCUT2D eigenvalue weighted by Gasteiger charge is -2.35. The molecule has 0 saturated carbocycles. The lowest BCUT2D eigenvalue weighted by Crippen LogP contribution is -2.48. The van der Waals surface area contributed by atoms with Gasteiger partial charge in [0.1, 0.15) is 5.75 Å². The van der Waals surface area contributed by atoms with Crippen LogP contribution in [-0.2, 0) is 10.0 Å². The number of anilines is 1. The van der Waals surface area contributed by atoms with Crippen molar-refractivity contribution in [2.75, 3.05) is 38.2 Å². The molecule has 0 amide bonds. The van der Waals surface area contributed by atoms with E-state index in [0.717, 1.165) is 11.1 Å². The molecule has 0 N–H and O–H groups in total. The van der Waals surface area contributed by atoms with E-state index >= 15 is 0 Å². The fraction of sp³-hybridized carbons (Fsp3) is 0.304. The third-order valence-electron chi connectivity index (χ3n) is 5.78. The van der Waals surface area contributed by atoms with Crippen LogP contribution in [0.25, 0.3) is 10.8 Å². The molecule has 1 saturated heterocycles. The van der Waals surface area contributed by atoms with Crippen molar-refractivity contribution in [3.8, 4) is 5.75 Å². The first-order chi connectivity index (χ1) is 13.9. The summed E-state index contributed by atoms with van der Waals surface area (Å²) >= 11 is 0. The summed E-state index contributed by atoms with van der Waals surface area (Å²) < 4.78 is 33.8. The number of hydrogen-bond donors (Lipinski definition) is 0. The van der Waals surface area contributed by atoms with E-state index in [1.165, 1.54) is 11.1 Å². The number of piperazine rings is 1. The molecule has 4 rings (SSSR count). The van der Waals surface area contributed by atoms with E-state index in [9.17, 15) is 8.42 Å². The quantitative estimate of drug-likeness (QED) is 0.653. The standard InChI is InChI=1S/C23H26N2O3S/c1-17-8-9-19(16-18(17)2)24-12-14-25(15-13-24)29(26,27)23-11-10-22(28-3)20-6-4-5-7-21(20)23/h4-11,16H,12-15H2,1-3H3. The largest absolute Gasteiger partial charge is 0.496 e. The summed E-state index contributed by atoms with van der Waals surface area (Å²) in [5, 5.41) is 1.51. The molecule has 0 unspecified atom stereocenters. The summed E-state index contributed by atoms with van der Waals surface area (Å²) in [5.74, 6) is 0.680. The van der Waals surface area contributed by atoms with Crippen LogP contribution in [0.5, 0.6) is 5.75 Å². The van der Waals surface area contributed by atoms with E-state index in [-0.39, 0.29) is 0 Å². The second kappa shape index (κ2) is 7.69. The highest BCUT2D eigenvalue weighted by molar-refractivity contribution is 7.89. The Morgan fingerprint density at radius 3 is 2.17 bits per heavy atom. The molecule has 5 nitrogen and oxygen atoms in total. The highest BCUT2D eigenvalue weighted by Gasteiger charge is 2.30. The Kier molecular flexibility index (Phi) is 5.23. The summed E-state index contributed by atoms with van der Waals surface area (Å²) in [4.78, 5) is 2.60. The molecule has 0 spiro atoms. The minimum Gasteiger partial charge on any atom is -0.496 e. The summed E-state index contributed by atoms with van der Waals surface area (Å²) in [6, 6.07) is 17.3. The average Bonchev–Trinajstić information content (AvgIpc) is 2.75. The number of ether oxygens (including phenoxy) is 1. The molecule has 0 aliphatic carbocycles. The molecule has 1 aliphatic rings. The zero-order valence-electron chi connectivity index (χ0n) is 17.1. The zero-order valence-corrected chi connectivity index (χ0v) is 17.9. The smallest absolute Gasteiger partial charge is 0.243 e. The summed E-state index contributed by atoms with van der Waals surface area (Å²) in [6.45, 7) is 6.49. The average molecular weight is 411 g/mol. The van der Waals surface area contributed by atoms with Gasteiger partial charge in [-0.25, -0.2) is 8.42 Å². The van der Waals surface area contributed by atoms with E-state index in [2.05, 4.69) is 36.9 Å². The molecule has 29 heavy (non-hydrogen) atoms. The normalized spacial score (nSPS) is 15.6. The third-order valence-corrected chi connectivity index (χ3v) is 7.73. The number of sulfonamides is 1. The van der Waals surface area contributed by atoms with Gasteiger partial charge in [0.2, 0.25) is 10.0 Å². The van der Waals surface area contributed by atoms with E-state index in [4.69, 9.17) is 4.74 Å². The number of fused-ring (bicyclic) bond motifs is 1. The molecular weight excluding hydrogens is 384 g/mol. The summed E-state index contributed by atoms with van der Waals surface area (Å²) in [5.41, 5.74) is 3.67. The van der Waals surface area contributed by atoms with Gasteiger partial charge in [0.05, 0.1) is 12.0 Å². The summed E-state index contributed by atoms with van der Waals surface area (Å²) in [7, 11) is -1.98. The molecule has 6 heteroatoms. The molecule has 1 fully saturated rings. The number of rotatable bonds is 4. The third kappa shape index (κ3) is 3.58. The Hall–Kier alpha value is -2.57. The van der Waals surface area contributed by atoms with E-state index in [1.54, 1.807) is 23.5 Å². The van der Waals surface area contributed by atoms with Gasteiger partial charge in [-0.1, -0.05) is 30.3 Å². The molecule has 152 valence electrons. The van der Waals surface area contributed by atoms with Gasteiger partial charge in [0.15, 0.2) is 0 Å². The minimum absolute atomic E-state index is 0.341. The van der Waals surface area contributed by atoms with Crippen molar-refractivity contribution >= 4 is 26.5 Å². The topological polar surface area (TPSA) is 49.9 Å². The number of hydrogen-bond acceptors (Lipinski definition) is 4. The molecule has 0 bridgehead atoms. The van der Waals surface area contributed by atoms with Crippen molar-refractivity contribution in [1.29, 1.82) is 0 Å². The lowest BCUT2D eigenvalue weighted by molar-refractivity contribution is 0.385. The fourth-order valence-corrected chi connectivity index (χ4v) is 5.51. The van der Waals surface area contributed by atoms with Crippen LogP contribution in [-0.4, -0.2) is 46.0 Å². The zero-order chi connectivity index (χ0) is 20.6. The molecular formula is C23H26N2O3S. The Morgan fingerprint density at radius 1 is 0.828 bits per heavy atom. The Bertz CT molecular complexity index is 1150. The number of aryl methyl sites for hydroxylation is 2. The van der Waals surface area contributed by atoms with Crippen LogP contribution in [0.4, 0.5) is 5.69 Å². The minimum atomic E-state index is -3.58. The van der Waals surface area contributed by atoms with Crippen LogP contribution >= 0.6 is 0 Å². The molecule has 0 aromatic heterocycles. The van der Waals surface area contributed by atoms with Gasteiger partial charge in [0, 0.05) is 42.6 Å². The summed E-state index contributed by atoms with van der Waals surface area (Å²) in [6.07, 6.45) is 0. The van der Waals surface area contributed by atoms with Crippen LogP contribution in [0.2, 0.25) is 0 Å². The molecule has 3 aromatic rings. The van der Waals surface area contributed by atoms with Crippen LogP contribution in [0.3, 0.4) is 0 Å². The molecule has 3 aromatic carbocycles. The second-order valence-electron chi connectivity index (χ2n) is 7.47. The van der Waals surface area contributed by atoms with Crippen molar-refractivity contribution in [3.63, 3.8) is 0 Å². The van der Waals surface area contributed by atoms with Gasteiger partial charge >= 0.3 is 0 Å². The second-order valence-corrected chi connectivity index (χ2v) is 9.38. The first kappa shape index (κ1) is 19.7. The maximum absolute atomic E-state index is 13.4. The van der Waals surface area contributed by atoms with Crippen LogP contribution < -0.4 is 9.64 Å². The van der Waals surface area contributed by atoms with E-state index in [1.807, 2.05) is 24.3 Å². The van der Waals surface area contributed by atoms with Crippen molar-refractivity contribution in [3.05, 3.63) is 65.7 Å². The van der Waals surface area contributed by atoms with E-state index < -0.39 is 10.0 Å². The molecule has 1 heterocycles. The highest BCUT2D eigenvalue weighted by atomic mass is 32.2. The van der Waals surface area contributed by atoms with Crippen molar-refractivity contribution in [2.45, 2.75) is 18.7 Å². The monoisotopic (exact) mass is 410 g/mol. The van der Waals surface area contributed by atoms with Gasteiger partial charge in [-0.15, -0.1) is 0 Å². The predicted molar refractivity (Wildman–Crippen MR) is 117 cm³/mol. The Morgan fingerprint density at radius 2 is 1.52 bits per heavy atom. The van der Waals surface area contributed by atoms with Gasteiger partial charge in [-0.05, 0) is 49.2 Å². The number of methoxy groups -OCH3 is 1. The predicted octanol–water partition coefficient (Wildman–Crippen LogP) is 3.98. The molecule has 0 atom stereocenters. The highest BCUT2D eigenvalue weighted by Crippen LogP contribution is 2.33. The Labute approximate surface area is 172 Å². The van der Waals surface area contributed by atoms with Crippen LogP contribution in [0.15, 0.2) is 59.5 Å². The van der Waals surface area contributed by atoms with Gasteiger partial charge in [-0.2, -0.15) is 4.31 Å². The van der Waals surface area contributed by atoms with Crippen molar-refractivity contribution in [1.82, 2.24) is 4.31 Å². The first-order valence-electron chi connectivity index (χ1n) is 9.80. The van der Waals surface area contributed by atoms with Gasteiger partial charge in [-0.3, -0.25) is 0 Å². The molecule has 1 aliphatic heterocycles. The maximum Gasteiger partial charge on any atom is 0.243 e. The number of benzene rings is 3. The van der Waals surface area contributed by atoms with Gasteiger partial charge in [0.25, 0.3) is 0 Å². The Balaban J connectivity index is 1.60. The van der Waals surface area contributed by atoms with Crippen molar-refractivity contribution in [2.24, 2.45) is 0 Å². The SMILES string of the molecule is COc1ccc(S(=O)(=O)N2CCN(c3ccc(C)c(C)c3)CC2)c2ccccc12. The molecule has 0 radical (unpaired) electrons. The van der Waals surface area contributed by atoms with Crippen LogP contribution in [0, 0.1) is 13.8 Å². The van der Waals surface area contributed by atoms with Gasteiger partial charge < -0.3 is 9.64 Å². The van der Waals surface area contributed by atoms with Crippen LogP contribution in [0.1, 0.15) is 11.1 Å². The van der Waals surface area contributed by atoms with E-state index in [0.29, 0.717) is 42.2 Å².